The Kier molecular flexibility index (Phi) is 5.23. The quantitative estimate of drug-likeness (QED) is 0.804. The van der Waals surface area contributed by atoms with Gasteiger partial charge in [-0.05, 0) is 38.9 Å². The molecule has 1 N–H and O–H groups in total. The molecule has 4 nitrogen and oxygen atoms in total. The van der Waals surface area contributed by atoms with Crippen LogP contribution in [0.5, 0.6) is 0 Å². The lowest BCUT2D eigenvalue weighted by atomic mass is 10.1. The number of furan rings is 1. The lowest BCUT2D eigenvalue weighted by Gasteiger charge is -2.22. The molecule has 1 aliphatic heterocycles. The van der Waals surface area contributed by atoms with Crippen molar-refractivity contribution in [3.8, 4) is 0 Å². The maximum Gasteiger partial charge on any atom is 0.117 e. The van der Waals surface area contributed by atoms with Crippen molar-refractivity contribution in [1.82, 2.24) is 10.2 Å². The van der Waals surface area contributed by atoms with Gasteiger partial charge in [0.15, 0.2) is 0 Å². The minimum atomic E-state index is 0.403. The molecule has 0 amide bonds. The Morgan fingerprint density at radius 1 is 1.56 bits per heavy atom. The fourth-order valence-corrected chi connectivity index (χ4v) is 2.36. The monoisotopic (exact) mass is 252 g/mol. The second-order valence-electron chi connectivity index (χ2n) is 5.11. The summed E-state index contributed by atoms with van der Waals surface area (Å²) in [6.07, 6.45) is 4.52. The van der Waals surface area contributed by atoms with E-state index in [1.807, 2.05) is 12.1 Å². The van der Waals surface area contributed by atoms with E-state index in [0.29, 0.717) is 12.1 Å². The van der Waals surface area contributed by atoms with Crippen LogP contribution in [0.15, 0.2) is 22.8 Å². The maximum absolute atomic E-state index is 5.67. The molecule has 0 aromatic carbocycles. The molecule has 1 saturated heterocycles. The second kappa shape index (κ2) is 6.92. The molecule has 2 heterocycles. The Bertz CT molecular complexity index is 321. The number of rotatable bonds is 7. The van der Waals surface area contributed by atoms with E-state index in [2.05, 4.69) is 24.2 Å². The highest BCUT2D eigenvalue weighted by molar-refractivity contribution is 4.97. The van der Waals surface area contributed by atoms with Crippen LogP contribution in [0.25, 0.3) is 0 Å². The zero-order valence-electron chi connectivity index (χ0n) is 11.4. The van der Waals surface area contributed by atoms with Crippen LogP contribution in [-0.2, 0) is 11.3 Å². The number of likely N-dealkylation sites (N-methyl/N-ethyl adjacent to an activating group) is 1. The van der Waals surface area contributed by atoms with Crippen molar-refractivity contribution in [2.45, 2.75) is 38.5 Å². The van der Waals surface area contributed by atoms with Gasteiger partial charge in [0.2, 0.25) is 0 Å². The standard InChI is InChI=1S/C14H24N2O2/c1-12(14-6-4-10-18-14)15-7-8-16(2)11-13-5-3-9-17-13/h3,5,9,12,14-15H,4,6-8,10-11H2,1-2H3. The van der Waals surface area contributed by atoms with Crippen molar-refractivity contribution in [2.75, 3.05) is 26.7 Å². The number of nitrogens with zero attached hydrogens (tertiary/aromatic N) is 1. The van der Waals surface area contributed by atoms with E-state index in [4.69, 9.17) is 9.15 Å². The molecule has 0 saturated carbocycles. The molecule has 1 fully saturated rings. The van der Waals surface area contributed by atoms with Crippen LogP contribution < -0.4 is 5.32 Å². The molecule has 0 aliphatic carbocycles. The summed E-state index contributed by atoms with van der Waals surface area (Å²) in [5.41, 5.74) is 0. The van der Waals surface area contributed by atoms with Gasteiger partial charge < -0.3 is 14.5 Å². The molecule has 4 heteroatoms. The third-order valence-electron chi connectivity index (χ3n) is 3.49. The normalized spacial score (nSPS) is 21.6. The maximum atomic E-state index is 5.67. The zero-order valence-corrected chi connectivity index (χ0v) is 11.4. The average molecular weight is 252 g/mol. The Morgan fingerprint density at radius 3 is 3.11 bits per heavy atom. The summed E-state index contributed by atoms with van der Waals surface area (Å²) in [6.45, 7) is 6.00. The van der Waals surface area contributed by atoms with E-state index in [1.54, 1.807) is 6.26 Å². The molecule has 0 bridgehead atoms. The van der Waals surface area contributed by atoms with Crippen molar-refractivity contribution in [2.24, 2.45) is 0 Å². The summed E-state index contributed by atoms with van der Waals surface area (Å²) >= 11 is 0. The first kappa shape index (κ1) is 13.6. The number of ether oxygens (including phenoxy) is 1. The van der Waals surface area contributed by atoms with Crippen molar-refractivity contribution in [3.05, 3.63) is 24.2 Å². The Balaban J connectivity index is 1.59. The molecule has 1 aromatic rings. The third kappa shape index (κ3) is 4.12. The first-order valence-electron chi connectivity index (χ1n) is 6.81. The predicted molar refractivity (Wildman–Crippen MR) is 71.5 cm³/mol. The van der Waals surface area contributed by atoms with Crippen LogP contribution in [0.4, 0.5) is 0 Å². The SMILES string of the molecule is CC(NCCN(C)Cc1ccco1)C1CCCO1. The lowest BCUT2D eigenvalue weighted by Crippen LogP contribution is -2.40. The predicted octanol–water partition coefficient (Wildman–Crippen LogP) is 1.87. The zero-order chi connectivity index (χ0) is 12.8. The van der Waals surface area contributed by atoms with Gasteiger partial charge in [0.25, 0.3) is 0 Å². The molecule has 18 heavy (non-hydrogen) atoms. The minimum absolute atomic E-state index is 0.403. The summed E-state index contributed by atoms with van der Waals surface area (Å²) in [6, 6.07) is 4.39. The fourth-order valence-electron chi connectivity index (χ4n) is 2.36. The van der Waals surface area contributed by atoms with Gasteiger partial charge in [0.1, 0.15) is 5.76 Å². The summed E-state index contributed by atoms with van der Waals surface area (Å²) in [7, 11) is 2.11. The van der Waals surface area contributed by atoms with E-state index >= 15 is 0 Å². The van der Waals surface area contributed by atoms with Crippen molar-refractivity contribution in [3.63, 3.8) is 0 Å². The number of hydrogen-bond donors (Lipinski definition) is 1. The van der Waals surface area contributed by atoms with Crippen molar-refractivity contribution >= 4 is 0 Å². The van der Waals surface area contributed by atoms with Gasteiger partial charge in [-0.15, -0.1) is 0 Å². The van der Waals surface area contributed by atoms with Gasteiger partial charge in [0.05, 0.1) is 18.9 Å². The van der Waals surface area contributed by atoms with Crippen molar-refractivity contribution < 1.29 is 9.15 Å². The van der Waals surface area contributed by atoms with Gasteiger partial charge in [-0.25, -0.2) is 0 Å². The summed E-state index contributed by atoms with van der Waals surface area (Å²) in [5.74, 6) is 1.02. The third-order valence-corrected chi connectivity index (χ3v) is 3.49. The molecule has 2 atom stereocenters. The smallest absolute Gasteiger partial charge is 0.117 e. The van der Waals surface area contributed by atoms with E-state index in [0.717, 1.165) is 32.0 Å². The molecule has 102 valence electrons. The highest BCUT2D eigenvalue weighted by atomic mass is 16.5. The topological polar surface area (TPSA) is 37.6 Å². The van der Waals surface area contributed by atoms with Gasteiger partial charge >= 0.3 is 0 Å². The van der Waals surface area contributed by atoms with Crippen molar-refractivity contribution in [1.29, 1.82) is 0 Å². The fraction of sp³-hybridized carbons (Fsp3) is 0.714. The van der Waals surface area contributed by atoms with Gasteiger partial charge in [0, 0.05) is 25.7 Å². The van der Waals surface area contributed by atoms with Crippen LogP contribution in [0.2, 0.25) is 0 Å². The number of nitrogens with one attached hydrogen (secondary N) is 1. The first-order chi connectivity index (χ1) is 8.75. The molecule has 2 rings (SSSR count). The van der Waals surface area contributed by atoms with E-state index in [9.17, 15) is 0 Å². The van der Waals surface area contributed by atoms with Crippen LogP contribution in [0, 0.1) is 0 Å². The van der Waals surface area contributed by atoms with E-state index in [1.165, 1.54) is 12.8 Å². The Labute approximate surface area is 109 Å². The average Bonchev–Trinajstić information content (AvgIpc) is 3.00. The Hall–Kier alpha value is -0.840. The highest BCUT2D eigenvalue weighted by Crippen LogP contribution is 2.15. The molecule has 0 spiro atoms. The van der Waals surface area contributed by atoms with Gasteiger partial charge in [-0.3, -0.25) is 4.90 Å². The minimum Gasteiger partial charge on any atom is -0.468 e. The number of hydrogen-bond acceptors (Lipinski definition) is 4. The molecule has 1 aliphatic rings. The largest absolute Gasteiger partial charge is 0.468 e. The van der Waals surface area contributed by atoms with Gasteiger partial charge in [-0.1, -0.05) is 0 Å². The highest BCUT2D eigenvalue weighted by Gasteiger charge is 2.21. The van der Waals surface area contributed by atoms with Crippen LogP contribution in [0.1, 0.15) is 25.5 Å². The Morgan fingerprint density at radius 2 is 2.44 bits per heavy atom. The van der Waals surface area contributed by atoms with Crippen LogP contribution >= 0.6 is 0 Å². The molecule has 2 unspecified atom stereocenters. The van der Waals surface area contributed by atoms with Crippen LogP contribution in [0.3, 0.4) is 0 Å². The summed E-state index contributed by atoms with van der Waals surface area (Å²) in [5, 5.41) is 3.54. The summed E-state index contributed by atoms with van der Waals surface area (Å²) in [4.78, 5) is 2.26. The summed E-state index contributed by atoms with van der Waals surface area (Å²) < 4.78 is 11.0. The first-order valence-corrected chi connectivity index (χ1v) is 6.81. The van der Waals surface area contributed by atoms with Gasteiger partial charge in [-0.2, -0.15) is 0 Å². The van der Waals surface area contributed by atoms with Crippen LogP contribution in [-0.4, -0.2) is 43.8 Å². The molecule has 0 radical (unpaired) electrons. The molecule has 1 aromatic heterocycles. The second-order valence-corrected chi connectivity index (χ2v) is 5.11. The van der Waals surface area contributed by atoms with E-state index < -0.39 is 0 Å². The van der Waals surface area contributed by atoms with E-state index in [-0.39, 0.29) is 0 Å². The lowest BCUT2D eigenvalue weighted by molar-refractivity contribution is 0.0828. The molecular weight excluding hydrogens is 228 g/mol. The molecular formula is C14H24N2O2.